The fourth-order valence-corrected chi connectivity index (χ4v) is 4.72. The number of alkyl halides is 2. The molecule has 0 radical (unpaired) electrons. The molecular formula is C19H15F3N6O2. The summed E-state index contributed by atoms with van der Waals surface area (Å²) in [6.45, 7) is -0.490. The fourth-order valence-electron chi connectivity index (χ4n) is 4.72. The number of rotatable bonds is 0. The van der Waals surface area contributed by atoms with Gasteiger partial charge < -0.3 is 9.64 Å². The van der Waals surface area contributed by atoms with Crippen LogP contribution in [-0.2, 0) is 5.54 Å². The number of halogens is 3. The van der Waals surface area contributed by atoms with Crippen LogP contribution in [0, 0.1) is 11.7 Å². The second-order valence-corrected chi connectivity index (χ2v) is 7.83. The number of nitrogens with one attached hydrogen (secondary N) is 1. The van der Waals surface area contributed by atoms with Crippen molar-refractivity contribution in [1.82, 2.24) is 24.9 Å². The Labute approximate surface area is 167 Å². The van der Waals surface area contributed by atoms with Crippen molar-refractivity contribution in [3.8, 4) is 5.88 Å². The predicted molar refractivity (Wildman–Crippen MR) is 96.8 cm³/mol. The van der Waals surface area contributed by atoms with Crippen LogP contribution >= 0.6 is 0 Å². The van der Waals surface area contributed by atoms with E-state index in [-0.39, 0.29) is 23.0 Å². The van der Waals surface area contributed by atoms with Crippen molar-refractivity contribution in [2.24, 2.45) is 5.92 Å². The number of amides is 1. The Morgan fingerprint density at radius 3 is 3.00 bits per heavy atom. The first-order valence-corrected chi connectivity index (χ1v) is 9.49. The van der Waals surface area contributed by atoms with Gasteiger partial charge in [0, 0.05) is 18.3 Å². The molecule has 1 N–H and O–H groups in total. The molecule has 0 aromatic carbocycles. The van der Waals surface area contributed by atoms with E-state index in [1.54, 1.807) is 17.6 Å². The smallest absolute Gasteiger partial charge is 0.359 e. The molecule has 30 heavy (non-hydrogen) atoms. The van der Waals surface area contributed by atoms with Crippen LogP contribution in [0.4, 0.5) is 19.0 Å². The highest BCUT2D eigenvalue weighted by Crippen LogP contribution is 2.64. The van der Waals surface area contributed by atoms with E-state index in [0.717, 1.165) is 12.6 Å². The van der Waals surface area contributed by atoms with Gasteiger partial charge in [0.1, 0.15) is 17.2 Å². The molecule has 5 heterocycles. The standard InChI is InChI=1S/C19H15F3N6O2/c20-11-5-13-17(23-7-11)30-9-19(21,22)26-16(29)12-8-24-28-4-2-14(25-15(12)28)27-3-1-10-6-18(10,13)27/h2,4-5,7-8,10H,1,3,6,9H2,(H,26,29)/t10-,18+/m0/s1. The van der Waals surface area contributed by atoms with E-state index in [9.17, 15) is 18.0 Å². The molecule has 11 heteroatoms. The number of hydrogen-bond acceptors (Lipinski definition) is 6. The first-order valence-electron chi connectivity index (χ1n) is 9.49. The average Bonchev–Trinajstić information content (AvgIpc) is 3.09. The van der Waals surface area contributed by atoms with E-state index in [0.29, 0.717) is 24.3 Å². The molecule has 1 spiro atoms. The lowest BCUT2D eigenvalue weighted by Gasteiger charge is -2.31. The molecule has 3 aromatic rings. The Morgan fingerprint density at radius 2 is 2.17 bits per heavy atom. The third-order valence-electron chi connectivity index (χ3n) is 6.10. The summed E-state index contributed by atoms with van der Waals surface area (Å²) in [4.78, 5) is 23.0. The number of ether oxygens (including phenoxy) is 1. The van der Waals surface area contributed by atoms with Gasteiger partial charge >= 0.3 is 6.05 Å². The minimum Gasteiger partial charge on any atom is -0.469 e. The zero-order valence-corrected chi connectivity index (χ0v) is 15.5. The minimum atomic E-state index is -3.68. The van der Waals surface area contributed by atoms with Crippen molar-refractivity contribution in [1.29, 1.82) is 0 Å². The van der Waals surface area contributed by atoms with E-state index < -0.39 is 29.9 Å². The van der Waals surface area contributed by atoms with E-state index in [4.69, 9.17) is 4.74 Å². The van der Waals surface area contributed by atoms with Crippen molar-refractivity contribution in [3.05, 3.63) is 47.7 Å². The van der Waals surface area contributed by atoms with E-state index in [1.165, 1.54) is 16.8 Å². The fraction of sp³-hybridized carbons (Fsp3) is 0.368. The van der Waals surface area contributed by atoms with Crippen LogP contribution in [0.2, 0.25) is 0 Å². The molecule has 2 aliphatic heterocycles. The molecule has 2 atom stereocenters. The number of hydrogen-bond donors (Lipinski definition) is 1. The van der Waals surface area contributed by atoms with Gasteiger partial charge in [-0.25, -0.2) is 18.9 Å². The van der Waals surface area contributed by atoms with Crippen molar-refractivity contribution < 1.29 is 22.7 Å². The van der Waals surface area contributed by atoms with Crippen molar-refractivity contribution >= 4 is 17.4 Å². The Bertz CT molecular complexity index is 1210. The molecule has 1 saturated carbocycles. The zero-order chi connectivity index (χ0) is 20.7. The third kappa shape index (κ3) is 2.34. The van der Waals surface area contributed by atoms with Gasteiger partial charge in [-0.05, 0) is 30.9 Å². The van der Waals surface area contributed by atoms with Gasteiger partial charge in [-0.2, -0.15) is 13.9 Å². The molecule has 2 fully saturated rings. The normalized spacial score (nSPS) is 26.6. The van der Waals surface area contributed by atoms with Gasteiger partial charge in [-0.1, -0.05) is 0 Å². The molecule has 154 valence electrons. The van der Waals surface area contributed by atoms with Gasteiger partial charge in [0.2, 0.25) is 5.88 Å². The maximum Gasteiger partial charge on any atom is 0.359 e. The summed E-state index contributed by atoms with van der Waals surface area (Å²) < 4.78 is 49.7. The summed E-state index contributed by atoms with van der Waals surface area (Å²) in [5, 5.41) is 5.69. The highest BCUT2D eigenvalue weighted by molar-refractivity contribution is 6.00. The number of fused-ring (bicyclic) bond motifs is 3. The average molecular weight is 416 g/mol. The summed E-state index contributed by atoms with van der Waals surface area (Å²) in [6, 6.07) is -0.647. The number of anilines is 1. The summed E-state index contributed by atoms with van der Waals surface area (Å²) in [6.07, 6.45) is 5.30. The zero-order valence-electron chi connectivity index (χ0n) is 15.5. The van der Waals surface area contributed by atoms with Crippen molar-refractivity contribution in [3.63, 3.8) is 0 Å². The summed E-state index contributed by atoms with van der Waals surface area (Å²) in [7, 11) is 0. The maximum atomic E-state index is 14.4. The molecule has 3 aliphatic rings. The summed E-state index contributed by atoms with van der Waals surface area (Å²) in [5.41, 5.74) is -0.117. The molecule has 2 bridgehead atoms. The van der Waals surface area contributed by atoms with Crippen LogP contribution in [0.3, 0.4) is 0 Å². The Kier molecular flexibility index (Phi) is 3.27. The number of carbonyl (C=O) groups is 1. The maximum absolute atomic E-state index is 14.4. The predicted octanol–water partition coefficient (Wildman–Crippen LogP) is 2.10. The number of nitrogens with zero attached hydrogens (tertiary/aromatic N) is 5. The van der Waals surface area contributed by atoms with Crippen LogP contribution in [0.25, 0.3) is 5.65 Å². The molecular weight excluding hydrogens is 401 g/mol. The first kappa shape index (κ1) is 17.5. The largest absolute Gasteiger partial charge is 0.469 e. The van der Waals surface area contributed by atoms with Gasteiger partial charge in [0.25, 0.3) is 5.91 Å². The Morgan fingerprint density at radius 1 is 1.30 bits per heavy atom. The van der Waals surface area contributed by atoms with E-state index >= 15 is 0 Å². The van der Waals surface area contributed by atoms with Crippen molar-refractivity contribution in [2.45, 2.75) is 24.4 Å². The molecule has 3 aromatic heterocycles. The van der Waals surface area contributed by atoms with Crippen LogP contribution in [0.5, 0.6) is 5.88 Å². The molecule has 0 unspecified atom stereocenters. The highest BCUT2D eigenvalue weighted by Gasteiger charge is 2.65. The van der Waals surface area contributed by atoms with E-state index in [2.05, 4.69) is 15.1 Å². The quantitative estimate of drug-likeness (QED) is 0.565. The molecule has 1 saturated heterocycles. The number of carbonyl (C=O) groups excluding carboxylic acids is 1. The topological polar surface area (TPSA) is 84.7 Å². The van der Waals surface area contributed by atoms with Crippen LogP contribution < -0.4 is 15.0 Å². The number of piperidine rings is 1. The lowest BCUT2D eigenvalue weighted by atomic mass is 10.0. The first-order chi connectivity index (χ1) is 14.4. The van der Waals surface area contributed by atoms with Crippen LogP contribution in [0.1, 0.15) is 28.8 Å². The van der Waals surface area contributed by atoms with Crippen LogP contribution in [-0.4, -0.2) is 44.7 Å². The molecule has 6 rings (SSSR count). The highest BCUT2D eigenvalue weighted by atomic mass is 19.3. The van der Waals surface area contributed by atoms with E-state index in [1.807, 2.05) is 4.90 Å². The Balaban J connectivity index is 1.59. The van der Waals surface area contributed by atoms with Crippen molar-refractivity contribution in [2.75, 3.05) is 18.1 Å². The molecule has 1 amide bonds. The summed E-state index contributed by atoms with van der Waals surface area (Å²) >= 11 is 0. The molecule has 1 aliphatic carbocycles. The Hall–Kier alpha value is -3.37. The lowest BCUT2D eigenvalue weighted by Crippen LogP contribution is -2.45. The van der Waals surface area contributed by atoms with Gasteiger partial charge in [0.05, 0.1) is 17.9 Å². The monoisotopic (exact) mass is 416 g/mol. The lowest BCUT2D eigenvalue weighted by molar-refractivity contribution is -0.0636. The number of aromatic nitrogens is 4. The van der Waals surface area contributed by atoms with Gasteiger partial charge in [0.15, 0.2) is 12.3 Å². The minimum absolute atomic E-state index is 0.0666. The second-order valence-electron chi connectivity index (χ2n) is 7.83. The number of pyridine rings is 1. The van der Waals surface area contributed by atoms with Gasteiger partial charge in [-0.15, -0.1) is 0 Å². The van der Waals surface area contributed by atoms with Gasteiger partial charge in [-0.3, -0.25) is 10.1 Å². The van der Waals surface area contributed by atoms with Crippen LogP contribution in [0.15, 0.2) is 30.7 Å². The third-order valence-corrected chi connectivity index (χ3v) is 6.10. The molecule has 8 nitrogen and oxygen atoms in total. The summed E-state index contributed by atoms with van der Waals surface area (Å²) in [5.74, 6) is -0.900. The SMILES string of the molecule is O=C1NC(F)(F)COc2ncc(F)cc2[C@@]23C[C@@H]2CCN3c2ccn3ncc1c3n2. The second kappa shape index (κ2) is 5.61.